The van der Waals surface area contributed by atoms with Gasteiger partial charge in [-0.05, 0) is 24.3 Å². The molecule has 2 aromatic carbocycles. The zero-order valence-corrected chi connectivity index (χ0v) is 11.0. The van der Waals surface area contributed by atoms with Gasteiger partial charge < -0.3 is 9.78 Å². The third kappa shape index (κ3) is 2.11. The number of benzene rings is 2. The first kappa shape index (κ1) is 12.6. The fourth-order valence-electron chi connectivity index (χ4n) is 1.93. The van der Waals surface area contributed by atoms with Crippen LogP contribution in [-0.4, -0.2) is 19.2 Å². The normalized spacial score (nSPS) is 10.9. The van der Waals surface area contributed by atoms with E-state index in [-0.39, 0.29) is 0 Å². The van der Waals surface area contributed by atoms with Crippen LogP contribution in [0.15, 0.2) is 40.8 Å². The fraction of sp³-hybridized carbons (Fsp3) is 0.143. The molecule has 3 rings (SSSR count). The molecule has 0 saturated carbocycles. The Morgan fingerprint density at radius 2 is 1.30 bits per heavy atom. The summed E-state index contributed by atoms with van der Waals surface area (Å²) < 4.78 is 5.79. The van der Waals surface area contributed by atoms with Gasteiger partial charge in [-0.3, -0.25) is 0 Å². The minimum absolute atomic E-state index is 0.461. The summed E-state index contributed by atoms with van der Waals surface area (Å²) in [7, 11) is 2.85. The lowest BCUT2D eigenvalue weighted by Gasteiger charge is -2.03. The number of para-hydroxylation sites is 2. The lowest BCUT2D eigenvalue weighted by Crippen LogP contribution is -1.95. The maximum absolute atomic E-state index is 5.79. The van der Waals surface area contributed by atoms with Crippen molar-refractivity contribution in [1.82, 2.24) is 4.98 Å². The Bertz CT molecular complexity index is 698. The van der Waals surface area contributed by atoms with Gasteiger partial charge in [-0.15, -0.1) is 0 Å². The number of hydrogen-bond acceptors (Lipinski definition) is 5. The number of aromatic nitrogens is 1. The molecule has 0 aliphatic carbocycles. The van der Waals surface area contributed by atoms with Crippen molar-refractivity contribution >= 4 is 22.2 Å². The minimum Gasteiger partial charge on any atom is -0.335 e. The van der Waals surface area contributed by atoms with Gasteiger partial charge >= 0.3 is 11.2 Å². The fourth-order valence-corrected chi connectivity index (χ4v) is 1.93. The average molecular weight is 274 g/mol. The molecule has 0 N–H and O–H groups in total. The van der Waals surface area contributed by atoms with Crippen LogP contribution in [0.2, 0.25) is 0 Å². The molecule has 1 aromatic heterocycles. The second-order valence-electron chi connectivity index (χ2n) is 3.92. The van der Waals surface area contributed by atoms with Crippen LogP contribution >= 0.6 is 0 Å². The van der Waals surface area contributed by atoms with Gasteiger partial charge in [0, 0.05) is 12.1 Å². The Kier molecular flexibility index (Phi) is 3.32. The first-order valence-corrected chi connectivity index (χ1v) is 5.90. The Morgan fingerprint density at radius 3 is 1.75 bits per heavy atom. The topological polar surface area (TPSA) is 61.1 Å². The molecule has 0 spiro atoms. The van der Waals surface area contributed by atoms with E-state index in [0.717, 1.165) is 0 Å². The van der Waals surface area contributed by atoms with Crippen LogP contribution in [0.1, 0.15) is 0 Å². The van der Waals surface area contributed by atoms with Crippen LogP contribution in [0, 0.1) is 0 Å². The summed E-state index contributed by atoms with van der Waals surface area (Å²) in [4.78, 5) is 24.0. The summed E-state index contributed by atoms with van der Waals surface area (Å²) in [6.07, 6.45) is 0. The van der Waals surface area contributed by atoms with Crippen LogP contribution in [0.4, 0.5) is 0 Å². The summed E-state index contributed by atoms with van der Waals surface area (Å²) in [6.45, 7) is 0. The number of fused-ring (bicyclic) bond motifs is 2. The molecule has 0 aliphatic rings. The second kappa shape index (κ2) is 5.28. The first-order chi connectivity index (χ1) is 9.83. The van der Waals surface area contributed by atoms with Crippen LogP contribution < -0.4 is 9.78 Å². The highest BCUT2D eigenvalue weighted by Gasteiger charge is 2.20. The Hall–Kier alpha value is -2.44. The van der Waals surface area contributed by atoms with Crippen LogP contribution in [-0.2, 0) is 9.78 Å². The monoisotopic (exact) mass is 274 g/mol. The van der Waals surface area contributed by atoms with Gasteiger partial charge in [0.05, 0.1) is 14.2 Å². The first-order valence-electron chi connectivity index (χ1n) is 5.90. The van der Waals surface area contributed by atoms with Crippen molar-refractivity contribution in [3.05, 3.63) is 36.4 Å². The molecule has 1 heterocycles. The minimum atomic E-state index is 0.461. The van der Waals surface area contributed by atoms with Gasteiger partial charge in [0.15, 0.2) is 0 Å². The molecule has 0 amide bonds. The van der Waals surface area contributed by atoms with Crippen LogP contribution in [0.25, 0.3) is 22.2 Å². The van der Waals surface area contributed by atoms with Gasteiger partial charge in [0.25, 0.3) is 0 Å². The summed E-state index contributed by atoms with van der Waals surface area (Å²) >= 11 is 0. The van der Waals surface area contributed by atoms with E-state index in [2.05, 4.69) is 14.8 Å². The number of nitrogens with zero attached hydrogens (tertiary/aromatic N) is 1. The van der Waals surface area contributed by atoms with Crippen LogP contribution in [0.3, 0.4) is 0 Å². The molecule has 0 aliphatic heterocycles. The molecular weight excluding hydrogens is 262 g/mol. The highest BCUT2D eigenvalue weighted by molar-refractivity contribution is 5.89. The molecule has 0 fully saturated rings. The molecule has 3 aromatic rings. The summed E-state index contributed by atoms with van der Waals surface area (Å²) in [5.41, 5.74) is 2.24. The number of rotatable bonds is 4. The molecular formula is C14H12NO5+. The van der Waals surface area contributed by atoms with Crippen molar-refractivity contribution in [2.75, 3.05) is 14.2 Å². The molecule has 0 bridgehead atoms. The highest BCUT2D eigenvalue weighted by Crippen LogP contribution is 2.31. The molecule has 0 unspecified atom stereocenters. The maximum atomic E-state index is 5.79. The van der Waals surface area contributed by atoms with Gasteiger partial charge in [0.2, 0.25) is 22.5 Å². The van der Waals surface area contributed by atoms with E-state index in [0.29, 0.717) is 33.7 Å². The summed E-state index contributed by atoms with van der Waals surface area (Å²) in [6, 6.07) is 10.7. The third-order valence-corrected chi connectivity index (χ3v) is 2.71. The zero-order valence-electron chi connectivity index (χ0n) is 11.0. The number of hydrogen-bond donors (Lipinski definition) is 0. The van der Waals surface area contributed by atoms with Crippen molar-refractivity contribution in [3.8, 4) is 11.5 Å². The van der Waals surface area contributed by atoms with E-state index < -0.39 is 0 Å². The third-order valence-electron chi connectivity index (χ3n) is 2.71. The predicted octanol–water partition coefficient (Wildman–Crippen LogP) is 3.14. The standard InChI is InChI=1S/C14H12NO5/c1-16-19-11-7-3-5-9-13(11)15-14-10(18-9)6-4-8-12(14)20-17-2/h3-8H,1-2H3/q+1. The largest absolute Gasteiger partial charge is 0.383 e. The molecule has 6 nitrogen and oxygen atoms in total. The molecule has 0 saturated heterocycles. The van der Waals surface area contributed by atoms with E-state index in [4.69, 9.17) is 14.2 Å². The zero-order chi connectivity index (χ0) is 13.9. The van der Waals surface area contributed by atoms with Crippen LogP contribution in [0.5, 0.6) is 11.5 Å². The van der Waals surface area contributed by atoms with Gasteiger partial charge in [-0.25, -0.2) is 9.40 Å². The van der Waals surface area contributed by atoms with E-state index in [1.807, 2.05) is 0 Å². The lowest BCUT2D eigenvalue weighted by atomic mass is 10.2. The molecule has 20 heavy (non-hydrogen) atoms. The molecule has 6 heteroatoms. The van der Waals surface area contributed by atoms with E-state index >= 15 is 0 Å². The molecule has 0 atom stereocenters. The van der Waals surface area contributed by atoms with Crippen molar-refractivity contribution in [2.24, 2.45) is 0 Å². The smallest absolute Gasteiger partial charge is 0.335 e. The van der Waals surface area contributed by atoms with Crippen molar-refractivity contribution < 1.29 is 24.0 Å². The Labute approximate surface area is 114 Å². The Balaban J connectivity index is 2.30. The van der Waals surface area contributed by atoms with E-state index in [9.17, 15) is 0 Å². The summed E-state index contributed by atoms with van der Waals surface area (Å²) in [5, 5.41) is 0. The Morgan fingerprint density at radius 1 is 0.800 bits per heavy atom. The molecule has 102 valence electrons. The second-order valence-corrected chi connectivity index (χ2v) is 3.92. The van der Waals surface area contributed by atoms with Gasteiger partial charge in [-0.1, -0.05) is 0 Å². The maximum Gasteiger partial charge on any atom is 0.383 e. The highest BCUT2D eigenvalue weighted by atomic mass is 17.2. The average Bonchev–Trinajstić information content (AvgIpc) is 2.47. The quantitative estimate of drug-likeness (QED) is 0.315. The van der Waals surface area contributed by atoms with Crippen molar-refractivity contribution in [1.29, 1.82) is 0 Å². The van der Waals surface area contributed by atoms with Crippen molar-refractivity contribution in [3.63, 3.8) is 0 Å². The van der Waals surface area contributed by atoms with E-state index in [1.165, 1.54) is 14.2 Å². The van der Waals surface area contributed by atoms with Gasteiger partial charge in [-0.2, -0.15) is 9.78 Å². The lowest BCUT2D eigenvalue weighted by molar-refractivity contribution is -0.177. The summed E-state index contributed by atoms with van der Waals surface area (Å²) in [5.74, 6) is 0.922. The van der Waals surface area contributed by atoms with Crippen molar-refractivity contribution in [2.45, 2.75) is 0 Å². The SMILES string of the molecule is COOc1cccc2[o+]c3cccc(OOC)c3nc12. The van der Waals surface area contributed by atoms with E-state index in [1.54, 1.807) is 36.4 Å². The molecule has 0 radical (unpaired) electrons. The predicted molar refractivity (Wildman–Crippen MR) is 71.2 cm³/mol. The van der Waals surface area contributed by atoms with Gasteiger partial charge in [0.1, 0.15) is 0 Å².